The van der Waals surface area contributed by atoms with Gasteiger partial charge in [-0.2, -0.15) is 18.4 Å². The van der Waals surface area contributed by atoms with E-state index < -0.39 is 11.9 Å². The lowest BCUT2D eigenvalue weighted by molar-refractivity contribution is -0.141. The van der Waals surface area contributed by atoms with Gasteiger partial charge in [0.05, 0.1) is 17.9 Å². The number of imidazole rings is 1. The quantitative estimate of drug-likeness (QED) is 0.852. The van der Waals surface area contributed by atoms with Gasteiger partial charge in [0.15, 0.2) is 0 Å². The summed E-state index contributed by atoms with van der Waals surface area (Å²) in [6, 6.07) is 4.01. The number of aromatic nitrogens is 3. The van der Waals surface area contributed by atoms with Crippen LogP contribution in [0.4, 0.5) is 19.0 Å². The van der Waals surface area contributed by atoms with E-state index in [4.69, 9.17) is 5.26 Å². The van der Waals surface area contributed by atoms with Crippen LogP contribution in [0.5, 0.6) is 0 Å². The SMILES string of the molecule is N#Cc1ccc(C(F)(F)F)nc1N1CC(n2ccnc2)C1. The van der Waals surface area contributed by atoms with Gasteiger partial charge in [0.25, 0.3) is 0 Å². The zero-order chi connectivity index (χ0) is 15.0. The fourth-order valence-corrected chi connectivity index (χ4v) is 2.24. The molecular weight excluding hydrogens is 283 g/mol. The molecule has 108 valence electrons. The number of hydrogen-bond acceptors (Lipinski definition) is 4. The molecular formula is C13H10F3N5. The third-order valence-corrected chi connectivity index (χ3v) is 3.39. The maximum absolute atomic E-state index is 12.7. The van der Waals surface area contributed by atoms with Crippen molar-refractivity contribution in [2.24, 2.45) is 0 Å². The highest BCUT2D eigenvalue weighted by Crippen LogP contribution is 2.33. The first-order valence-electron chi connectivity index (χ1n) is 6.20. The Labute approximate surface area is 118 Å². The van der Waals surface area contributed by atoms with Crippen molar-refractivity contribution in [2.75, 3.05) is 18.0 Å². The molecule has 0 aliphatic carbocycles. The summed E-state index contributed by atoms with van der Waals surface area (Å²) < 4.78 is 40.0. The van der Waals surface area contributed by atoms with E-state index in [-0.39, 0.29) is 17.4 Å². The Balaban J connectivity index is 1.84. The number of anilines is 1. The lowest BCUT2D eigenvalue weighted by Gasteiger charge is -2.41. The summed E-state index contributed by atoms with van der Waals surface area (Å²) in [4.78, 5) is 9.20. The van der Waals surface area contributed by atoms with Crippen LogP contribution in [0.25, 0.3) is 0 Å². The van der Waals surface area contributed by atoms with Gasteiger partial charge in [-0.05, 0) is 12.1 Å². The first-order chi connectivity index (χ1) is 9.99. The summed E-state index contributed by atoms with van der Waals surface area (Å²) in [6.07, 6.45) is 0.586. The molecule has 5 nitrogen and oxygen atoms in total. The second-order valence-corrected chi connectivity index (χ2v) is 4.75. The molecule has 1 fully saturated rings. The molecule has 1 saturated heterocycles. The molecule has 3 heterocycles. The van der Waals surface area contributed by atoms with Crippen LogP contribution in [0.15, 0.2) is 30.9 Å². The third-order valence-electron chi connectivity index (χ3n) is 3.39. The Morgan fingerprint density at radius 2 is 2.05 bits per heavy atom. The molecule has 0 bridgehead atoms. The van der Waals surface area contributed by atoms with Gasteiger partial charge in [-0.15, -0.1) is 0 Å². The van der Waals surface area contributed by atoms with Crippen molar-refractivity contribution in [3.05, 3.63) is 42.1 Å². The number of nitrogens with zero attached hydrogens (tertiary/aromatic N) is 5. The molecule has 0 radical (unpaired) electrons. The summed E-state index contributed by atoms with van der Waals surface area (Å²) >= 11 is 0. The fourth-order valence-electron chi connectivity index (χ4n) is 2.24. The van der Waals surface area contributed by atoms with E-state index in [1.807, 2.05) is 10.6 Å². The van der Waals surface area contributed by atoms with Gasteiger partial charge >= 0.3 is 6.18 Å². The van der Waals surface area contributed by atoms with Gasteiger partial charge in [0.1, 0.15) is 17.6 Å². The highest BCUT2D eigenvalue weighted by molar-refractivity contribution is 5.56. The van der Waals surface area contributed by atoms with Crippen molar-refractivity contribution in [2.45, 2.75) is 12.2 Å². The van der Waals surface area contributed by atoms with Gasteiger partial charge < -0.3 is 9.47 Å². The van der Waals surface area contributed by atoms with Crippen molar-refractivity contribution in [1.82, 2.24) is 14.5 Å². The van der Waals surface area contributed by atoms with E-state index in [1.54, 1.807) is 23.6 Å². The lowest BCUT2D eigenvalue weighted by atomic mass is 10.1. The highest BCUT2D eigenvalue weighted by Gasteiger charge is 2.36. The van der Waals surface area contributed by atoms with E-state index in [0.717, 1.165) is 12.1 Å². The molecule has 0 N–H and O–H groups in total. The molecule has 0 atom stereocenters. The van der Waals surface area contributed by atoms with Gasteiger partial charge in [-0.1, -0.05) is 0 Å². The number of halogens is 3. The molecule has 0 amide bonds. The zero-order valence-corrected chi connectivity index (χ0v) is 10.7. The predicted octanol–water partition coefficient (Wildman–Crippen LogP) is 2.23. The van der Waals surface area contributed by atoms with Gasteiger partial charge in [-0.25, -0.2) is 9.97 Å². The first kappa shape index (κ1) is 13.4. The largest absolute Gasteiger partial charge is 0.433 e. The number of pyridine rings is 1. The molecule has 1 aliphatic heterocycles. The molecule has 2 aromatic rings. The summed E-state index contributed by atoms with van der Waals surface area (Å²) in [7, 11) is 0. The van der Waals surface area contributed by atoms with Crippen LogP contribution in [-0.2, 0) is 6.18 Å². The second kappa shape index (κ2) is 4.77. The Hall–Kier alpha value is -2.56. The summed E-state index contributed by atoms with van der Waals surface area (Å²) in [5, 5.41) is 9.02. The van der Waals surface area contributed by atoms with E-state index in [2.05, 4.69) is 9.97 Å². The van der Waals surface area contributed by atoms with E-state index >= 15 is 0 Å². The average molecular weight is 293 g/mol. The van der Waals surface area contributed by atoms with Crippen LogP contribution >= 0.6 is 0 Å². The molecule has 21 heavy (non-hydrogen) atoms. The Morgan fingerprint density at radius 1 is 1.29 bits per heavy atom. The minimum atomic E-state index is -4.52. The lowest BCUT2D eigenvalue weighted by Crippen LogP contribution is -2.48. The monoisotopic (exact) mass is 293 g/mol. The Bertz CT molecular complexity index is 681. The molecule has 8 heteroatoms. The highest BCUT2D eigenvalue weighted by atomic mass is 19.4. The maximum Gasteiger partial charge on any atom is 0.433 e. The van der Waals surface area contributed by atoms with Gasteiger partial charge in [-0.3, -0.25) is 0 Å². The van der Waals surface area contributed by atoms with Gasteiger partial charge in [0, 0.05) is 25.5 Å². The fraction of sp³-hybridized carbons (Fsp3) is 0.308. The standard InChI is InChI=1S/C13H10F3N5/c14-13(15,16)11-2-1-9(5-17)12(19-11)21-6-10(7-21)20-4-3-18-8-20/h1-4,8,10H,6-7H2. The maximum atomic E-state index is 12.7. The van der Waals surface area contributed by atoms with E-state index in [0.29, 0.717) is 13.1 Å². The topological polar surface area (TPSA) is 57.7 Å². The summed E-state index contributed by atoms with van der Waals surface area (Å²) in [6.45, 7) is 0.999. The molecule has 0 aromatic carbocycles. The van der Waals surface area contributed by atoms with Crippen molar-refractivity contribution in [1.29, 1.82) is 5.26 Å². The Kier molecular flexibility index (Phi) is 3.05. The number of nitriles is 1. The van der Waals surface area contributed by atoms with Crippen molar-refractivity contribution >= 4 is 5.82 Å². The summed E-state index contributed by atoms with van der Waals surface area (Å²) in [5.74, 6) is 0.0868. The molecule has 2 aromatic heterocycles. The second-order valence-electron chi connectivity index (χ2n) is 4.75. The van der Waals surface area contributed by atoms with Crippen LogP contribution < -0.4 is 4.90 Å². The molecule has 1 aliphatic rings. The molecule has 3 rings (SSSR count). The van der Waals surface area contributed by atoms with Crippen LogP contribution in [0, 0.1) is 11.3 Å². The number of alkyl halides is 3. The molecule has 0 saturated carbocycles. The summed E-state index contributed by atoms with van der Waals surface area (Å²) in [5.41, 5.74) is -0.838. The van der Waals surface area contributed by atoms with Crippen molar-refractivity contribution in [3.8, 4) is 6.07 Å². The van der Waals surface area contributed by atoms with Crippen LogP contribution in [-0.4, -0.2) is 27.6 Å². The third kappa shape index (κ3) is 2.42. The van der Waals surface area contributed by atoms with Crippen LogP contribution in [0.3, 0.4) is 0 Å². The van der Waals surface area contributed by atoms with Crippen molar-refractivity contribution in [3.63, 3.8) is 0 Å². The predicted molar refractivity (Wildman–Crippen MR) is 67.4 cm³/mol. The number of hydrogen-bond donors (Lipinski definition) is 0. The molecule has 0 unspecified atom stereocenters. The minimum absolute atomic E-state index is 0.0868. The van der Waals surface area contributed by atoms with Crippen LogP contribution in [0.2, 0.25) is 0 Å². The normalized spacial score (nSPS) is 15.6. The van der Waals surface area contributed by atoms with E-state index in [9.17, 15) is 13.2 Å². The minimum Gasteiger partial charge on any atom is -0.351 e. The van der Waals surface area contributed by atoms with Gasteiger partial charge in [0.2, 0.25) is 0 Å². The molecule has 0 spiro atoms. The van der Waals surface area contributed by atoms with Crippen molar-refractivity contribution < 1.29 is 13.2 Å². The van der Waals surface area contributed by atoms with Crippen LogP contribution in [0.1, 0.15) is 17.3 Å². The average Bonchev–Trinajstić information content (AvgIpc) is 2.89. The smallest absolute Gasteiger partial charge is 0.351 e. The van der Waals surface area contributed by atoms with E-state index in [1.165, 1.54) is 0 Å². The zero-order valence-electron chi connectivity index (χ0n) is 10.7. The first-order valence-corrected chi connectivity index (χ1v) is 6.20. The number of rotatable bonds is 2. The Morgan fingerprint density at radius 3 is 2.62 bits per heavy atom.